The molecule has 2 aliphatic heterocycles. The maximum absolute atomic E-state index is 13.4. The molecule has 1 spiro atoms. The van der Waals surface area contributed by atoms with Gasteiger partial charge in [-0.25, -0.2) is 4.98 Å². The summed E-state index contributed by atoms with van der Waals surface area (Å²) < 4.78 is 0. The summed E-state index contributed by atoms with van der Waals surface area (Å²) in [6.45, 7) is 4.27. The highest BCUT2D eigenvalue weighted by atomic mass is 16.3. The first kappa shape index (κ1) is 20.1. The van der Waals surface area contributed by atoms with Gasteiger partial charge in [0, 0.05) is 32.1 Å². The van der Waals surface area contributed by atoms with Crippen LogP contribution in [0.1, 0.15) is 58.3 Å². The number of pyridine rings is 1. The summed E-state index contributed by atoms with van der Waals surface area (Å²) in [5.74, 6) is 1.14. The first-order chi connectivity index (χ1) is 14.0. The molecule has 7 heteroatoms. The Hall–Kier alpha value is -2.15. The Morgan fingerprint density at radius 2 is 2.03 bits per heavy atom. The topological polar surface area (TPSA) is 85.8 Å². The van der Waals surface area contributed by atoms with Crippen LogP contribution >= 0.6 is 0 Å². The van der Waals surface area contributed by atoms with Crippen LogP contribution in [-0.4, -0.2) is 58.6 Å². The number of rotatable bonds is 4. The lowest BCUT2D eigenvalue weighted by atomic mass is 9.78. The van der Waals surface area contributed by atoms with E-state index in [1.165, 1.54) is 0 Å². The van der Waals surface area contributed by atoms with Crippen LogP contribution in [0.4, 0.5) is 11.5 Å². The Morgan fingerprint density at radius 3 is 2.72 bits per heavy atom. The predicted molar refractivity (Wildman–Crippen MR) is 112 cm³/mol. The number of likely N-dealkylation sites (tertiary alicyclic amines) is 1. The molecular formula is C22H32N4O3. The van der Waals surface area contributed by atoms with Crippen molar-refractivity contribution in [1.82, 2.24) is 9.88 Å². The van der Waals surface area contributed by atoms with Crippen LogP contribution in [0.15, 0.2) is 18.3 Å². The summed E-state index contributed by atoms with van der Waals surface area (Å²) in [7, 11) is 0. The molecule has 4 rings (SSSR count). The van der Waals surface area contributed by atoms with Crippen LogP contribution in [0, 0.1) is 5.41 Å². The quantitative estimate of drug-likeness (QED) is 0.811. The molecule has 0 aromatic carbocycles. The normalized spacial score (nSPS) is 30.1. The van der Waals surface area contributed by atoms with E-state index in [-0.39, 0.29) is 17.4 Å². The van der Waals surface area contributed by atoms with Crippen molar-refractivity contribution in [3.8, 4) is 0 Å². The minimum absolute atomic E-state index is 0.0247. The number of aliphatic hydroxyl groups is 1. The van der Waals surface area contributed by atoms with Crippen molar-refractivity contribution < 1.29 is 14.7 Å². The highest BCUT2D eigenvalue weighted by molar-refractivity contribution is 5.90. The molecule has 1 aliphatic carbocycles. The van der Waals surface area contributed by atoms with Gasteiger partial charge in [0.05, 0.1) is 23.4 Å². The van der Waals surface area contributed by atoms with Gasteiger partial charge in [-0.05, 0) is 57.1 Å². The Labute approximate surface area is 172 Å². The van der Waals surface area contributed by atoms with E-state index >= 15 is 0 Å². The lowest BCUT2D eigenvalue weighted by Gasteiger charge is -2.41. The number of aromatic nitrogens is 1. The van der Waals surface area contributed by atoms with Crippen molar-refractivity contribution >= 4 is 23.3 Å². The van der Waals surface area contributed by atoms with Crippen molar-refractivity contribution in [3.05, 3.63) is 18.3 Å². The number of hydrogen-bond acceptors (Lipinski definition) is 5. The number of aliphatic hydroxyl groups excluding tert-OH is 1. The number of carbonyl (C=O) groups excluding carboxylic acids is 2. The first-order valence-corrected chi connectivity index (χ1v) is 11.0. The third-order valence-corrected chi connectivity index (χ3v) is 6.91. The number of amides is 2. The van der Waals surface area contributed by atoms with Gasteiger partial charge in [-0.2, -0.15) is 0 Å². The van der Waals surface area contributed by atoms with E-state index in [1.54, 1.807) is 6.20 Å². The second kappa shape index (κ2) is 8.30. The third kappa shape index (κ3) is 4.10. The van der Waals surface area contributed by atoms with Gasteiger partial charge < -0.3 is 20.2 Å². The highest BCUT2D eigenvalue weighted by Crippen LogP contribution is 2.43. The molecule has 158 valence electrons. The largest absolute Gasteiger partial charge is 0.393 e. The maximum atomic E-state index is 13.4. The van der Waals surface area contributed by atoms with Crippen molar-refractivity contribution in [2.75, 3.05) is 29.9 Å². The number of carbonyl (C=O) groups is 2. The van der Waals surface area contributed by atoms with Crippen molar-refractivity contribution in [2.24, 2.45) is 5.41 Å². The molecule has 3 fully saturated rings. The van der Waals surface area contributed by atoms with E-state index in [4.69, 9.17) is 0 Å². The molecule has 1 unspecified atom stereocenters. The van der Waals surface area contributed by atoms with Gasteiger partial charge >= 0.3 is 0 Å². The number of nitrogens with one attached hydrogen (secondary N) is 1. The lowest BCUT2D eigenvalue weighted by Crippen LogP contribution is -2.50. The second-order valence-corrected chi connectivity index (χ2v) is 8.82. The number of nitrogens with zero attached hydrogens (tertiary/aromatic N) is 3. The molecule has 2 N–H and O–H groups in total. The first-order valence-electron chi connectivity index (χ1n) is 11.0. The SMILES string of the molecule is CCC(=O)Nc1ccc(N2CCCC3(CCN([C@H]4CC[C@H](O)CC4)C3=O)C2)nc1. The van der Waals surface area contributed by atoms with Gasteiger partial charge in [-0.15, -0.1) is 0 Å². The number of hydrogen-bond donors (Lipinski definition) is 2. The number of anilines is 2. The molecule has 1 aromatic heterocycles. The molecule has 2 amide bonds. The predicted octanol–water partition coefficient (Wildman–Crippen LogP) is 2.55. The molecule has 1 aromatic rings. The Kier molecular flexibility index (Phi) is 5.76. The molecule has 7 nitrogen and oxygen atoms in total. The molecule has 3 aliphatic rings. The fourth-order valence-corrected chi connectivity index (χ4v) is 5.17. The average molecular weight is 401 g/mol. The Morgan fingerprint density at radius 1 is 1.24 bits per heavy atom. The van der Waals surface area contributed by atoms with E-state index in [0.717, 1.165) is 63.9 Å². The van der Waals surface area contributed by atoms with Gasteiger partial charge in [0.1, 0.15) is 5.82 Å². The fourth-order valence-electron chi connectivity index (χ4n) is 5.17. The minimum Gasteiger partial charge on any atom is -0.393 e. The van der Waals surface area contributed by atoms with Gasteiger partial charge in [0.15, 0.2) is 0 Å². The lowest BCUT2D eigenvalue weighted by molar-refractivity contribution is -0.139. The second-order valence-electron chi connectivity index (χ2n) is 8.82. The molecule has 0 bridgehead atoms. The molecule has 1 atom stereocenters. The van der Waals surface area contributed by atoms with Crippen LogP contribution in [0.3, 0.4) is 0 Å². The minimum atomic E-state index is -0.301. The van der Waals surface area contributed by atoms with Crippen molar-refractivity contribution in [2.45, 2.75) is 70.4 Å². The number of piperidine rings is 1. The van der Waals surface area contributed by atoms with Crippen LogP contribution in [0.5, 0.6) is 0 Å². The summed E-state index contributed by atoms with van der Waals surface area (Å²) in [6.07, 6.45) is 8.22. The summed E-state index contributed by atoms with van der Waals surface area (Å²) >= 11 is 0. The highest BCUT2D eigenvalue weighted by Gasteiger charge is 2.50. The summed E-state index contributed by atoms with van der Waals surface area (Å²) in [5, 5.41) is 12.6. The van der Waals surface area contributed by atoms with E-state index in [0.29, 0.717) is 30.6 Å². The average Bonchev–Trinajstić information content (AvgIpc) is 3.04. The Bertz CT molecular complexity index is 745. The van der Waals surface area contributed by atoms with E-state index in [2.05, 4.69) is 20.1 Å². The third-order valence-electron chi connectivity index (χ3n) is 6.91. The molecule has 29 heavy (non-hydrogen) atoms. The Balaban J connectivity index is 1.43. The van der Waals surface area contributed by atoms with Gasteiger partial charge in [0.25, 0.3) is 0 Å². The van der Waals surface area contributed by atoms with Crippen LogP contribution in [0.25, 0.3) is 0 Å². The zero-order valence-corrected chi connectivity index (χ0v) is 17.3. The smallest absolute Gasteiger partial charge is 0.230 e. The zero-order valence-electron chi connectivity index (χ0n) is 17.3. The molecule has 3 heterocycles. The van der Waals surface area contributed by atoms with Crippen molar-refractivity contribution in [3.63, 3.8) is 0 Å². The van der Waals surface area contributed by atoms with Crippen LogP contribution < -0.4 is 10.2 Å². The van der Waals surface area contributed by atoms with E-state index in [1.807, 2.05) is 19.1 Å². The molecule has 1 saturated carbocycles. The van der Waals surface area contributed by atoms with Gasteiger partial charge in [0.2, 0.25) is 11.8 Å². The van der Waals surface area contributed by atoms with Gasteiger partial charge in [-0.3, -0.25) is 9.59 Å². The monoisotopic (exact) mass is 400 g/mol. The van der Waals surface area contributed by atoms with Crippen LogP contribution in [-0.2, 0) is 9.59 Å². The molecule has 0 radical (unpaired) electrons. The standard InChI is InChI=1S/C22H32N4O3/c1-2-20(28)24-16-4-9-19(23-14-16)25-12-3-10-22(15-25)11-13-26(21(22)29)17-5-7-18(27)8-6-17/h4,9,14,17-18,27H,2-3,5-8,10-13,15H2,1H3,(H,24,28)/t17-,18-,22?. The summed E-state index contributed by atoms with van der Waals surface area (Å²) in [4.78, 5) is 33.8. The fraction of sp³-hybridized carbons (Fsp3) is 0.682. The maximum Gasteiger partial charge on any atom is 0.230 e. The summed E-state index contributed by atoms with van der Waals surface area (Å²) in [5.41, 5.74) is 0.403. The van der Waals surface area contributed by atoms with Gasteiger partial charge in [-0.1, -0.05) is 6.92 Å². The molecule has 2 saturated heterocycles. The van der Waals surface area contributed by atoms with Crippen LogP contribution in [0.2, 0.25) is 0 Å². The molecular weight excluding hydrogens is 368 g/mol. The van der Waals surface area contributed by atoms with Crippen molar-refractivity contribution in [1.29, 1.82) is 0 Å². The van der Waals surface area contributed by atoms with E-state index in [9.17, 15) is 14.7 Å². The zero-order chi connectivity index (χ0) is 20.4. The summed E-state index contributed by atoms with van der Waals surface area (Å²) in [6, 6.07) is 4.11. The van der Waals surface area contributed by atoms with E-state index < -0.39 is 0 Å².